The second-order valence-electron chi connectivity index (χ2n) is 4.15. The molecule has 0 aliphatic rings. The molecule has 0 heterocycles. The average molecular weight is 221 g/mol. The van der Waals surface area contributed by atoms with Crippen LogP contribution in [0.25, 0.3) is 0 Å². The van der Waals surface area contributed by atoms with Crippen LogP contribution in [-0.4, -0.2) is 25.7 Å². The molecule has 3 heteroatoms. The van der Waals surface area contributed by atoms with E-state index >= 15 is 0 Å². The average Bonchev–Trinajstić information content (AvgIpc) is 2.24. The topological polar surface area (TPSA) is 29.5 Å². The van der Waals surface area contributed by atoms with Crippen molar-refractivity contribution in [2.75, 3.05) is 18.6 Å². The fourth-order valence-electron chi connectivity index (χ4n) is 1.32. The number of likely N-dealkylation sites (N-methyl/N-ethyl adjacent to an activating group) is 1. The van der Waals surface area contributed by atoms with Crippen molar-refractivity contribution < 1.29 is 9.53 Å². The summed E-state index contributed by atoms with van der Waals surface area (Å²) in [7, 11) is 1.76. The molecule has 0 aromatic heterocycles. The molecule has 0 aliphatic carbocycles. The summed E-state index contributed by atoms with van der Waals surface area (Å²) >= 11 is 0. The van der Waals surface area contributed by atoms with Crippen molar-refractivity contribution in [3.8, 4) is 0 Å². The molecule has 1 amide bonds. The number of carbonyl (C=O) groups excluding carboxylic acids is 1. The summed E-state index contributed by atoms with van der Waals surface area (Å²) in [6.07, 6.45) is 0.0786. The van der Waals surface area contributed by atoms with Gasteiger partial charge in [0.2, 0.25) is 0 Å². The molecule has 0 radical (unpaired) electrons. The largest absolute Gasteiger partial charge is 0.369 e. The van der Waals surface area contributed by atoms with Crippen molar-refractivity contribution in [3.05, 3.63) is 29.8 Å². The zero-order chi connectivity index (χ0) is 12.1. The number of amides is 1. The predicted molar refractivity (Wildman–Crippen MR) is 65.7 cm³/mol. The lowest BCUT2D eigenvalue weighted by Gasteiger charge is -2.18. The molecule has 0 unspecified atom stereocenters. The Morgan fingerprint density at radius 2 is 2.12 bits per heavy atom. The third kappa shape index (κ3) is 3.66. The van der Waals surface area contributed by atoms with E-state index in [-0.39, 0.29) is 18.6 Å². The molecule has 0 fully saturated rings. The lowest BCUT2D eigenvalue weighted by atomic mass is 10.2. The molecule has 0 bridgehead atoms. The van der Waals surface area contributed by atoms with E-state index in [0.29, 0.717) is 0 Å². The highest BCUT2D eigenvalue weighted by Gasteiger charge is 2.11. The first kappa shape index (κ1) is 12.7. The number of nitrogens with zero attached hydrogens (tertiary/aromatic N) is 1. The summed E-state index contributed by atoms with van der Waals surface area (Å²) in [5.41, 5.74) is 2.04. The summed E-state index contributed by atoms with van der Waals surface area (Å²) < 4.78 is 5.29. The van der Waals surface area contributed by atoms with Crippen LogP contribution in [-0.2, 0) is 9.53 Å². The van der Waals surface area contributed by atoms with Crippen LogP contribution in [0.1, 0.15) is 19.4 Å². The van der Waals surface area contributed by atoms with Gasteiger partial charge in [0, 0.05) is 12.7 Å². The number of carbonyl (C=O) groups is 1. The van der Waals surface area contributed by atoms with Crippen LogP contribution >= 0.6 is 0 Å². The molecule has 1 aromatic carbocycles. The number of ether oxygens (including phenoxy) is 1. The van der Waals surface area contributed by atoms with Gasteiger partial charge in [-0.05, 0) is 38.5 Å². The van der Waals surface area contributed by atoms with Crippen molar-refractivity contribution in [2.45, 2.75) is 26.9 Å². The molecule has 0 aliphatic heterocycles. The number of anilines is 1. The van der Waals surface area contributed by atoms with Gasteiger partial charge in [-0.15, -0.1) is 0 Å². The Hall–Kier alpha value is -1.35. The molecule has 3 nitrogen and oxygen atoms in total. The van der Waals surface area contributed by atoms with Gasteiger partial charge < -0.3 is 9.64 Å². The zero-order valence-electron chi connectivity index (χ0n) is 10.4. The fraction of sp³-hybridized carbons (Fsp3) is 0.462. The van der Waals surface area contributed by atoms with E-state index in [1.807, 2.05) is 45.0 Å². The van der Waals surface area contributed by atoms with Gasteiger partial charge in [0.05, 0.1) is 6.10 Å². The van der Waals surface area contributed by atoms with Crippen LogP contribution in [0.3, 0.4) is 0 Å². The Bertz CT molecular complexity index is 361. The summed E-state index contributed by atoms with van der Waals surface area (Å²) in [5, 5.41) is 0. The van der Waals surface area contributed by atoms with E-state index in [1.165, 1.54) is 0 Å². The van der Waals surface area contributed by atoms with Crippen LogP contribution in [0.5, 0.6) is 0 Å². The van der Waals surface area contributed by atoms with Gasteiger partial charge in [-0.2, -0.15) is 0 Å². The standard InChI is InChI=1S/C13H19NO2/c1-10(2)16-9-13(15)14(4)12-7-5-6-11(3)8-12/h5-8,10H,9H2,1-4H3. The number of hydrogen-bond donors (Lipinski definition) is 0. The van der Waals surface area contributed by atoms with Gasteiger partial charge in [0.15, 0.2) is 0 Å². The van der Waals surface area contributed by atoms with Crippen LogP contribution in [0.2, 0.25) is 0 Å². The lowest BCUT2D eigenvalue weighted by molar-refractivity contribution is -0.124. The maximum Gasteiger partial charge on any atom is 0.252 e. The summed E-state index contributed by atoms with van der Waals surface area (Å²) in [5.74, 6) is -0.0284. The monoisotopic (exact) mass is 221 g/mol. The molecule has 0 atom stereocenters. The van der Waals surface area contributed by atoms with Gasteiger partial charge in [0.1, 0.15) is 6.61 Å². The minimum absolute atomic E-state index is 0.0284. The molecular formula is C13H19NO2. The Kier molecular flexibility index (Phi) is 4.50. The quantitative estimate of drug-likeness (QED) is 0.781. The van der Waals surface area contributed by atoms with Crippen molar-refractivity contribution >= 4 is 11.6 Å². The van der Waals surface area contributed by atoms with Crippen molar-refractivity contribution in [1.82, 2.24) is 0 Å². The van der Waals surface area contributed by atoms with Crippen molar-refractivity contribution in [2.24, 2.45) is 0 Å². The number of rotatable bonds is 4. The highest BCUT2D eigenvalue weighted by molar-refractivity contribution is 5.93. The van der Waals surface area contributed by atoms with E-state index in [1.54, 1.807) is 11.9 Å². The molecule has 0 saturated heterocycles. The van der Waals surface area contributed by atoms with E-state index in [0.717, 1.165) is 11.3 Å². The Morgan fingerprint density at radius 1 is 1.44 bits per heavy atom. The highest BCUT2D eigenvalue weighted by Crippen LogP contribution is 2.14. The lowest BCUT2D eigenvalue weighted by Crippen LogP contribution is -2.31. The number of aryl methyl sites for hydroxylation is 1. The van der Waals surface area contributed by atoms with E-state index in [2.05, 4.69) is 0 Å². The van der Waals surface area contributed by atoms with Gasteiger partial charge in [-0.25, -0.2) is 0 Å². The molecule has 1 rings (SSSR count). The predicted octanol–water partition coefficient (Wildman–Crippen LogP) is 2.38. The summed E-state index contributed by atoms with van der Waals surface area (Å²) in [4.78, 5) is 13.4. The van der Waals surface area contributed by atoms with Crippen LogP contribution < -0.4 is 4.90 Å². The smallest absolute Gasteiger partial charge is 0.252 e. The molecule has 1 aromatic rings. The van der Waals surface area contributed by atoms with Crippen LogP contribution in [0, 0.1) is 6.92 Å². The van der Waals surface area contributed by atoms with Crippen LogP contribution in [0.4, 0.5) is 5.69 Å². The highest BCUT2D eigenvalue weighted by atomic mass is 16.5. The zero-order valence-corrected chi connectivity index (χ0v) is 10.4. The second-order valence-corrected chi connectivity index (χ2v) is 4.15. The minimum atomic E-state index is -0.0284. The van der Waals surface area contributed by atoms with Gasteiger partial charge in [0.25, 0.3) is 5.91 Å². The number of hydrogen-bond acceptors (Lipinski definition) is 2. The molecule has 0 N–H and O–H groups in total. The van der Waals surface area contributed by atoms with Gasteiger partial charge in [-0.1, -0.05) is 12.1 Å². The third-order valence-corrected chi connectivity index (χ3v) is 2.30. The molecular weight excluding hydrogens is 202 g/mol. The number of benzene rings is 1. The first-order chi connectivity index (χ1) is 7.50. The second kappa shape index (κ2) is 5.66. The van der Waals surface area contributed by atoms with Crippen LogP contribution in [0.15, 0.2) is 24.3 Å². The van der Waals surface area contributed by atoms with Crippen molar-refractivity contribution in [1.29, 1.82) is 0 Å². The Balaban J connectivity index is 2.63. The molecule has 0 spiro atoms. The molecule has 0 saturated carbocycles. The minimum Gasteiger partial charge on any atom is -0.369 e. The van der Waals surface area contributed by atoms with Gasteiger partial charge in [-0.3, -0.25) is 4.79 Å². The van der Waals surface area contributed by atoms with E-state index < -0.39 is 0 Å². The summed E-state index contributed by atoms with van der Waals surface area (Å²) in [6.45, 7) is 5.97. The normalized spacial score (nSPS) is 10.6. The maximum absolute atomic E-state index is 11.8. The first-order valence-corrected chi connectivity index (χ1v) is 5.45. The SMILES string of the molecule is Cc1cccc(N(C)C(=O)COC(C)C)c1. The Labute approximate surface area is 97.0 Å². The van der Waals surface area contributed by atoms with Gasteiger partial charge >= 0.3 is 0 Å². The Morgan fingerprint density at radius 3 is 2.69 bits per heavy atom. The first-order valence-electron chi connectivity index (χ1n) is 5.45. The fourth-order valence-corrected chi connectivity index (χ4v) is 1.32. The van der Waals surface area contributed by atoms with E-state index in [9.17, 15) is 4.79 Å². The van der Waals surface area contributed by atoms with Crippen molar-refractivity contribution in [3.63, 3.8) is 0 Å². The van der Waals surface area contributed by atoms with E-state index in [4.69, 9.17) is 4.74 Å². The molecule has 16 heavy (non-hydrogen) atoms. The summed E-state index contributed by atoms with van der Waals surface area (Å²) in [6, 6.07) is 7.84. The molecule has 88 valence electrons. The maximum atomic E-state index is 11.8. The third-order valence-electron chi connectivity index (χ3n) is 2.30.